The summed E-state index contributed by atoms with van der Waals surface area (Å²) in [5, 5.41) is 5.53. The zero-order valence-electron chi connectivity index (χ0n) is 14.5. The molecule has 6 heteroatoms. The minimum atomic E-state index is -0.659. The summed E-state index contributed by atoms with van der Waals surface area (Å²) < 4.78 is 10.7. The van der Waals surface area contributed by atoms with Crippen molar-refractivity contribution in [3.05, 3.63) is 48.5 Å². The number of ether oxygens (including phenoxy) is 2. The molecule has 0 radical (unpaired) electrons. The van der Waals surface area contributed by atoms with E-state index < -0.39 is 6.10 Å². The van der Waals surface area contributed by atoms with Crippen molar-refractivity contribution in [2.24, 2.45) is 0 Å². The highest BCUT2D eigenvalue weighted by Gasteiger charge is 2.15. The molecule has 25 heavy (non-hydrogen) atoms. The Balaban J connectivity index is 1.90. The van der Waals surface area contributed by atoms with Gasteiger partial charge in [-0.3, -0.25) is 9.59 Å². The molecule has 0 saturated heterocycles. The summed E-state index contributed by atoms with van der Waals surface area (Å²) in [5.74, 6) is 0.986. The number of carbonyl (C=O) groups excluding carboxylic acids is 2. The third kappa shape index (κ3) is 5.53. The van der Waals surface area contributed by atoms with Gasteiger partial charge in [0.05, 0.1) is 7.11 Å². The second kappa shape index (κ2) is 8.73. The smallest absolute Gasteiger partial charge is 0.265 e. The molecule has 2 amide bonds. The number of carbonyl (C=O) groups is 2. The zero-order chi connectivity index (χ0) is 18.2. The first-order valence-electron chi connectivity index (χ1n) is 8.03. The molecule has 2 aromatic rings. The van der Waals surface area contributed by atoms with E-state index in [1.165, 1.54) is 0 Å². The van der Waals surface area contributed by atoms with E-state index in [2.05, 4.69) is 10.6 Å². The first-order valence-corrected chi connectivity index (χ1v) is 8.03. The third-order valence-corrected chi connectivity index (χ3v) is 3.50. The molecule has 1 atom stereocenters. The van der Waals surface area contributed by atoms with Crippen LogP contribution >= 0.6 is 0 Å². The lowest BCUT2D eigenvalue weighted by Gasteiger charge is -2.15. The van der Waals surface area contributed by atoms with Crippen molar-refractivity contribution in [2.45, 2.75) is 26.4 Å². The summed E-state index contributed by atoms with van der Waals surface area (Å²) in [6.45, 7) is 3.46. The van der Waals surface area contributed by atoms with Crippen molar-refractivity contribution >= 4 is 23.2 Å². The van der Waals surface area contributed by atoms with Crippen LogP contribution in [0.3, 0.4) is 0 Å². The van der Waals surface area contributed by atoms with Crippen LogP contribution in [0.4, 0.5) is 11.4 Å². The van der Waals surface area contributed by atoms with Gasteiger partial charge in [-0.25, -0.2) is 0 Å². The number of hydrogen-bond donors (Lipinski definition) is 2. The highest BCUT2D eigenvalue weighted by Crippen LogP contribution is 2.19. The quantitative estimate of drug-likeness (QED) is 0.808. The number of hydrogen-bond acceptors (Lipinski definition) is 4. The van der Waals surface area contributed by atoms with E-state index in [1.54, 1.807) is 69.5 Å². The molecule has 0 aliphatic carbocycles. The van der Waals surface area contributed by atoms with E-state index in [0.29, 0.717) is 23.5 Å². The summed E-state index contributed by atoms with van der Waals surface area (Å²) in [6, 6.07) is 13.9. The molecule has 6 nitrogen and oxygen atoms in total. The van der Waals surface area contributed by atoms with Crippen LogP contribution in [0.1, 0.15) is 20.3 Å². The van der Waals surface area contributed by atoms with E-state index in [-0.39, 0.29) is 11.8 Å². The van der Waals surface area contributed by atoms with Crippen molar-refractivity contribution in [3.8, 4) is 11.5 Å². The van der Waals surface area contributed by atoms with Crippen LogP contribution in [0.2, 0.25) is 0 Å². The Morgan fingerprint density at radius 2 is 1.44 bits per heavy atom. The van der Waals surface area contributed by atoms with Gasteiger partial charge in [-0.15, -0.1) is 0 Å². The fourth-order valence-corrected chi connectivity index (χ4v) is 2.04. The van der Waals surface area contributed by atoms with Crippen molar-refractivity contribution in [1.29, 1.82) is 0 Å². The number of anilines is 2. The normalized spacial score (nSPS) is 11.3. The van der Waals surface area contributed by atoms with Crippen LogP contribution in [0, 0.1) is 0 Å². The van der Waals surface area contributed by atoms with Crippen molar-refractivity contribution < 1.29 is 19.1 Å². The van der Waals surface area contributed by atoms with Gasteiger partial charge < -0.3 is 20.1 Å². The molecule has 0 unspecified atom stereocenters. The number of benzene rings is 2. The largest absolute Gasteiger partial charge is 0.497 e. The molecule has 0 aromatic heterocycles. The number of rotatable bonds is 7. The van der Waals surface area contributed by atoms with Gasteiger partial charge in [0.25, 0.3) is 5.91 Å². The van der Waals surface area contributed by atoms with Crippen LogP contribution < -0.4 is 20.1 Å². The molecule has 2 rings (SSSR count). The molecular weight excluding hydrogens is 320 g/mol. The molecule has 0 saturated carbocycles. The van der Waals surface area contributed by atoms with E-state index in [4.69, 9.17) is 9.47 Å². The van der Waals surface area contributed by atoms with Gasteiger partial charge in [-0.05, 0) is 55.5 Å². The second-order valence-corrected chi connectivity index (χ2v) is 5.40. The monoisotopic (exact) mass is 342 g/mol. The van der Waals surface area contributed by atoms with Crippen LogP contribution in [-0.4, -0.2) is 25.0 Å². The summed E-state index contributed by atoms with van der Waals surface area (Å²) in [7, 11) is 1.59. The number of nitrogens with one attached hydrogen (secondary N) is 2. The third-order valence-electron chi connectivity index (χ3n) is 3.50. The maximum Gasteiger partial charge on any atom is 0.265 e. The number of methoxy groups -OCH3 is 1. The standard InChI is InChI=1S/C19H22N2O4/c1-4-18(22)20-14-5-7-15(8-6-14)21-19(23)13(2)25-17-11-9-16(24-3)10-12-17/h5-13H,4H2,1-3H3,(H,20,22)(H,21,23)/t13-/m1/s1. The maximum atomic E-state index is 12.2. The first kappa shape index (κ1) is 18.3. The van der Waals surface area contributed by atoms with Crippen molar-refractivity contribution in [1.82, 2.24) is 0 Å². The SMILES string of the molecule is CCC(=O)Nc1ccc(NC(=O)[C@@H](C)Oc2ccc(OC)cc2)cc1. The Labute approximate surface area is 147 Å². The fraction of sp³-hybridized carbons (Fsp3) is 0.263. The van der Waals surface area contributed by atoms with Gasteiger partial charge in [0.2, 0.25) is 5.91 Å². The molecule has 2 aromatic carbocycles. The Kier molecular flexibility index (Phi) is 6.39. The lowest BCUT2D eigenvalue weighted by molar-refractivity contribution is -0.122. The van der Waals surface area contributed by atoms with E-state index in [0.717, 1.165) is 5.75 Å². The fourth-order valence-electron chi connectivity index (χ4n) is 2.04. The molecule has 0 bridgehead atoms. The Morgan fingerprint density at radius 1 is 0.920 bits per heavy atom. The highest BCUT2D eigenvalue weighted by molar-refractivity contribution is 5.95. The zero-order valence-corrected chi connectivity index (χ0v) is 14.5. The molecule has 2 N–H and O–H groups in total. The Morgan fingerprint density at radius 3 is 1.96 bits per heavy atom. The first-order chi connectivity index (χ1) is 12.0. The van der Waals surface area contributed by atoms with Gasteiger partial charge in [-0.2, -0.15) is 0 Å². The van der Waals surface area contributed by atoms with E-state index >= 15 is 0 Å². The molecule has 0 fully saturated rings. The van der Waals surface area contributed by atoms with Gasteiger partial charge in [0.15, 0.2) is 6.10 Å². The Bertz CT molecular complexity index is 711. The predicted octanol–water partition coefficient (Wildman–Crippen LogP) is 3.45. The lowest BCUT2D eigenvalue weighted by Crippen LogP contribution is -2.30. The lowest BCUT2D eigenvalue weighted by atomic mass is 10.2. The van der Waals surface area contributed by atoms with Crippen molar-refractivity contribution in [2.75, 3.05) is 17.7 Å². The molecular formula is C19H22N2O4. The number of amides is 2. The molecule has 0 aliphatic rings. The summed E-state index contributed by atoms with van der Waals surface area (Å²) in [5.41, 5.74) is 1.32. The van der Waals surface area contributed by atoms with E-state index in [9.17, 15) is 9.59 Å². The highest BCUT2D eigenvalue weighted by atomic mass is 16.5. The molecule has 0 aliphatic heterocycles. The topological polar surface area (TPSA) is 76.7 Å². The van der Waals surface area contributed by atoms with Gasteiger partial charge in [0.1, 0.15) is 11.5 Å². The summed E-state index contributed by atoms with van der Waals surface area (Å²) in [4.78, 5) is 23.6. The molecule has 0 heterocycles. The summed E-state index contributed by atoms with van der Waals surface area (Å²) >= 11 is 0. The molecule has 0 spiro atoms. The van der Waals surface area contributed by atoms with Crippen LogP contribution in [0.15, 0.2) is 48.5 Å². The predicted molar refractivity (Wildman–Crippen MR) is 97.1 cm³/mol. The van der Waals surface area contributed by atoms with Gasteiger partial charge in [-0.1, -0.05) is 6.92 Å². The second-order valence-electron chi connectivity index (χ2n) is 5.40. The Hall–Kier alpha value is -3.02. The van der Waals surface area contributed by atoms with Crippen LogP contribution in [0.25, 0.3) is 0 Å². The minimum Gasteiger partial charge on any atom is -0.497 e. The van der Waals surface area contributed by atoms with E-state index in [1.807, 2.05) is 0 Å². The molecule has 132 valence electrons. The van der Waals surface area contributed by atoms with Gasteiger partial charge >= 0.3 is 0 Å². The van der Waals surface area contributed by atoms with Crippen LogP contribution in [0.5, 0.6) is 11.5 Å². The van der Waals surface area contributed by atoms with Crippen molar-refractivity contribution in [3.63, 3.8) is 0 Å². The maximum absolute atomic E-state index is 12.2. The average molecular weight is 342 g/mol. The van der Waals surface area contributed by atoms with Crippen LogP contribution in [-0.2, 0) is 9.59 Å². The minimum absolute atomic E-state index is 0.0571. The van der Waals surface area contributed by atoms with Gasteiger partial charge in [0, 0.05) is 17.8 Å². The summed E-state index contributed by atoms with van der Waals surface area (Å²) in [6.07, 6.45) is -0.244. The average Bonchev–Trinajstić information content (AvgIpc) is 2.63.